The number of hydrogen-bond donors (Lipinski definition) is 0. The van der Waals surface area contributed by atoms with Gasteiger partial charge in [0, 0.05) is 12.8 Å². The highest BCUT2D eigenvalue weighted by atomic mass is 14.7. The smallest absolute Gasteiger partial charge is 0.0413 e. The van der Waals surface area contributed by atoms with E-state index in [9.17, 15) is 0 Å². The largest absolute Gasteiger partial charge is 0.297 e. The lowest BCUT2D eigenvalue weighted by atomic mass is 9.89. The van der Waals surface area contributed by atoms with Crippen molar-refractivity contribution in [3.63, 3.8) is 0 Å². The Hall–Kier alpha value is -0.330. The molecule has 0 bridgehead atoms. The second-order valence-electron chi connectivity index (χ2n) is 4.45. The molecular weight excluding hydrogens is 170 g/mol. The maximum Gasteiger partial charge on any atom is 0.0413 e. The first-order valence-corrected chi connectivity index (χ1v) is 6.15. The second kappa shape index (κ2) is 8.02. The number of hydrogen-bond acceptors (Lipinski definition) is 1. The molecule has 0 aliphatic rings. The first-order valence-electron chi connectivity index (χ1n) is 6.15. The summed E-state index contributed by atoms with van der Waals surface area (Å²) < 4.78 is 0. The molecule has 0 saturated carbocycles. The minimum absolute atomic E-state index is 0.643. The topological polar surface area (TPSA) is 12.4 Å². The Balaban J connectivity index is 3.82. The Morgan fingerprint density at radius 2 is 1.57 bits per heavy atom. The highest BCUT2D eigenvalue weighted by Crippen LogP contribution is 2.19. The molecule has 0 heterocycles. The van der Waals surface area contributed by atoms with Crippen molar-refractivity contribution in [3.05, 3.63) is 0 Å². The van der Waals surface area contributed by atoms with E-state index in [0.717, 1.165) is 18.4 Å². The van der Waals surface area contributed by atoms with E-state index in [-0.39, 0.29) is 0 Å². The molecule has 0 rings (SSSR count). The summed E-state index contributed by atoms with van der Waals surface area (Å²) in [4.78, 5) is 4.53. The minimum atomic E-state index is 0.643. The van der Waals surface area contributed by atoms with E-state index < -0.39 is 0 Å². The van der Waals surface area contributed by atoms with Gasteiger partial charge in [-0.25, -0.2) is 0 Å². The number of nitrogens with zero attached hydrogens (tertiary/aromatic N) is 1. The zero-order chi connectivity index (χ0) is 11.0. The maximum atomic E-state index is 4.53. The van der Waals surface area contributed by atoms with Gasteiger partial charge in [0.25, 0.3) is 0 Å². The highest BCUT2D eigenvalue weighted by molar-refractivity contribution is 5.59. The molecule has 0 saturated heterocycles. The van der Waals surface area contributed by atoms with Crippen molar-refractivity contribution in [1.29, 1.82) is 0 Å². The van der Waals surface area contributed by atoms with Gasteiger partial charge in [-0.3, -0.25) is 4.99 Å². The normalized spacial score (nSPS) is 16.4. The summed E-state index contributed by atoms with van der Waals surface area (Å²) in [5, 5.41) is 0. The van der Waals surface area contributed by atoms with Crippen molar-refractivity contribution in [2.75, 3.05) is 6.54 Å². The second-order valence-corrected chi connectivity index (χ2v) is 4.45. The van der Waals surface area contributed by atoms with Gasteiger partial charge in [0.05, 0.1) is 0 Å². The van der Waals surface area contributed by atoms with Crippen LogP contribution in [0.2, 0.25) is 0 Å². The predicted octanol–water partition coefficient (Wildman–Crippen LogP) is 4.18. The van der Waals surface area contributed by atoms with E-state index in [2.05, 4.69) is 45.8 Å². The van der Waals surface area contributed by atoms with Crippen LogP contribution >= 0.6 is 0 Å². The van der Waals surface area contributed by atoms with Crippen molar-refractivity contribution in [3.8, 4) is 0 Å². The monoisotopic (exact) mass is 197 g/mol. The molecule has 0 amide bonds. The summed E-state index contributed by atoms with van der Waals surface area (Å²) in [6.45, 7) is 12.3. The van der Waals surface area contributed by atoms with Crippen LogP contribution in [-0.4, -0.2) is 12.8 Å². The molecule has 0 N–H and O–H groups in total. The van der Waals surface area contributed by atoms with Gasteiger partial charge in [-0.2, -0.15) is 0 Å². The Morgan fingerprint density at radius 3 is 2.00 bits per heavy atom. The zero-order valence-electron chi connectivity index (χ0n) is 10.6. The van der Waals surface area contributed by atoms with Crippen LogP contribution in [0.3, 0.4) is 0 Å². The minimum Gasteiger partial charge on any atom is -0.297 e. The van der Waals surface area contributed by atoms with E-state index in [1.165, 1.54) is 19.3 Å². The Morgan fingerprint density at radius 1 is 1.00 bits per heavy atom. The van der Waals surface area contributed by atoms with Gasteiger partial charge in [-0.15, -0.1) is 0 Å². The molecule has 0 aromatic carbocycles. The highest BCUT2D eigenvalue weighted by Gasteiger charge is 2.11. The first-order chi connectivity index (χ1) is 6.65. The lowest BCUT2D eigenvalue weighted by Gasteiger charge is -2.19. The molecule has 84 valence electrons. The van der Waals surface area contributed by atoms with Gasteiger partial charge in [-0.05, 0) is 24.2 Å². The van der Waals surface area contributed by atoms with Crippen LogP contribution in [0.5, 0.6) is 0 Å². The van der Waals surface area contributed by atoms with Gasteiger partial charge < -0.3 is 0 Å². The molecule has 0 aromatic heterocycles. The summed E-state index contributed by atoms with van der Waals surface area (Å²) in [6, 6.07) is 0. The van der Waals surface area contributed by atoms with Gasteiger partial charge in [-0.1, -0.05) is 47.5 Å². The molecule has 0 aromatic rings. The molecule has 0 radical (unpaired) electrons. The van der Waals surface area contributed by atoms with Crippen LogP contribution in [0.25, 0.3) is 0 Å². The van der Waals surface area contributed by atoms with Crippen LogP contribution in [0.15, 0.2) is 4.99 Å². The quantitative estimate of drug-likeness (QED) is 0.543. The number of aliphatic imine (C=N–C) groups is 1. The van der Waals surface area contributed by atoms with Crippen LogP contribution < -0.4 is 0 Å². The third-order valence-electron chi connectivity index (χ3n) is 3.25. The number of rotatable bonds is 7. The van der Waals surface area contributed by atoms with Crippen molar-refractivity contribution >= 4 is 6.21 Å². The summed E-state index contributed by atoms with van der Waals surface area (Å²) in [7, 11) is 0. The summed E-state index contributed by atoms with van der Waals surface area (Å²) in [5.41, 5.74) is 0. The van der Waals surface area contributed by atoms with E-state index in [4.69, 9.17) is 0 Å². The van der Waals surface area contributed by atoms with Crippen LogP contribution in [-0.2, 0) is 0 Å². The van der Waals surface area contributed by atoms with Gasteiger partial charge >= 0.3 is 0 Å². The predicted molar refractivity (Wildman–Crippen MR) is 66.1 cm³/mol. The van der Waals surface area contributed by atoms with Crippen LogP contribution in [0.1, 0.15) is 53.9 Å². The molecule has 2 unspecified atom stereocenters. The van der Waals surface area contributed by atoms with E-state index in [0.29, 0.717) is 5.92 Å². The average molecular weight is 197 g/mol. The molecule has 2 atom stereocenters. The molecule has 14 heavy (non-hydrogen) atoms. The lowest BCUT2D eigenvalue weighted by molar-refractivity contribution is 0.345. The fraction of sp³-hybridized carbons (Fsp3) is 0.923. The summed E-state index contributed by atoms with van der Waals surface area (Å²) in [5.74, 6) is 2.23. The fourth-order valence-electron chi connectivity index (χ4n) is 1.75. The molecule has 0 aliphatic carbocycles. The molecule has 0 fully saturated rings. The Kier molecular flexibility index (Phi) is 7.83. The SMILES string of the molecule is CCC(C)C=NCC(C)C(CC)CC. The van der Waals surface area contributed by atoms with Crippen LogP contribution in [0.4, 0.5) is 0 Å². The lowest BCUT2D eigenvalue weighted by Crippen LogP contribution is -2.13. The summed E-state index contributed by atoms with van der Waals surface area (Å²) in [6.07, 6.45) is 5.90. The first kappa shape index (κ1) is 13.7. The van der Waals surface area contributed by atoms with E-state index in [1.807, 2.05) is 0 Å². The maximum absolute atomic E-state index is 4.53. The molecule has 0 spiro atoms. The molecule has 1 nitrogen and oxygen atoms in total. The van der Waals surface area contributed by atoms with Gasteiger partial charge in [0.2, 0.25) is 0 Å². The fourth-order valence-corrected chi connectivity index (χ4v) is 1.75. The Bertz CT molecular complexity index is 147. The molecular formula is C13H27N. The third-order valence-corrected chi connectivity index (χ3v) is 3.25. The summed E-state index contributed by atoms with van der Waals surface area (Å²) >= 11 is 0. The standard InChI is InChI=1S/C13H27N/c1-6-11(4)9-14-10-12(5)13(7-2)8-3/h9,11-13H,6-8,10H2,1-5H3. The van der Waals surface area contributed by atoms with E-state index in [1.54, 1.807) is 0 Å². The van der Waals surface area contributed by atoms with Gasteiger partial charge in [0.1, 0.15) is 0 Å². The van der Waals surface area contributed by atoms with Crippen LogP contribution in [0, 0.1) is 17.8 Å². The van der Waals surface area contributed by atoms with Crippen molar-refractivity contribution in [2.24, 2.45) is 22.7 Å². The molecule has 1 heteroatoms. The average Bonchev–Trinajstić information content (AvgIpc) is 2.19. The third kappa shape index (κ3) is 5.41. The zero-order valence-corrected chi connectivity index (χ0v) is 10.6. The van der Waals surface area contributed by atoms with Crippen molar-refractivity contribution < 1.29 is 0 Å². The van der Waals surface area contributed by atoms with Crippen molar-refractivity contribution in [2.45, 2.75) is 53.9 Å². The molecule has 0 aliphatic heterocycles. The Labute approximate surface area is 90.0 Å². The van der Waals surface area contributed by atoms with Crippen molar-refractivity contribution in [1.82, 2.24) is 0 Å². The van der Waals surface area contributed by atoms with Gasteiger partial charge in [0.15, 0.2) is 0 Å². The van der Waals surface area contributed by atoms with E-state index >= 15 is 0 Å².